The smallest absolute Gasteiger partial charge is 0.0331 e. The van der Waals surface area contributed by atoms with Crippen molar-refractivity contribution in [3.63, 3.8) is 0 Å². The van der Waals surface area contributed by atoms with Gasteiger partial charge in [-0.05, 0) is 29.5 Å². The Bertz CT molecular complexity index is 527. The van der Waals surface area contributed by atoms with E-state index >= 15 is 0 Å². The van der Waals surface area contributed by atoms with E-state index in [0.29, 0.717) is 0 Å². The summed E-state index contributed by atoms with van der Waals surface area (Å²) in [5.41, 5.74) is 2.87. The van der Waals surface area contributed by atoms with E-state index in [2.05, 4.69) is 58.5 Å². The van der Waals surface area contributed by atoms with Crippen molar-refractivity contribution < 1.29 is 0 Å². The predicted octanol–water partition coefficient (Wildman–Crippen LogP) is 3.37. The van der Waals surface area contributed by atoms with Crippen LogP contribution in [0.15, 0.2) is 41.8 Å². The summed E-state index contributed by atoms with van der Waals surface area (Å²) >= 11 is 1.89. The van der Waals surface area contributed by atoms with Crippen molar-refractivity contribution in [2.24, 2.45) is 0 Å². The molecule has 0 bridgehead atoms. The molecule has 106 valence electrons. The Balaban J connectivity index is 1.49. The molecule has 0 amide bonds. The number of benzene rings is 1. The molecule has 2 nitrogen and oxygen atoms in total. The van der Waals surface area contributed by atoms with Crippen molar-refractivity contribution in [1.29, 1.82) is 0 Å². The number of piperazine rings is 1. The summed E-state index contributed by atoms with van der Waals surface area (Å²) in [6.45, 7) is 9.17. The fourth-order valence-electron chi connectivity index (χ4n) is 2.72. The first-order valence-electron chi connectivity index (χ1n) is 7.33. The van der Waals surface area contributed by atoms with Crippen molar-refractivity contribution in [1.82, 2.24) is 9.80 Å². The molecule has 1 aromatic carbocycles. The molecule has 0 atom stereocenters. The van der Waals surface area contributed by atoms with Gasteiger partial charge in [0, 0.05) is 44.1 Å². The fraction of sp³-hybridized carbons (Fsp3) is 0.412. The van der Waals surface area contributed by atoms with Crippen LogP contribution in [0.5, 0.6) is 0 Å². The lowest BCUT2D eigenvalue weighted by Gasteiger charge is -2.34. The maximum atomic E-state index is 2.58. The predicted molar refractivity (Wildman–Crippen MR) is 86.1 cm³/mol. The van der Waals surface area contributed by atoms with Gasteiger partial charge in [-0.2, -0.15) is 0 Å². The van der Waals surface area contributed by atoms with Gasteiger partial charge in [0.25, 0.3) is 0 Å². The van der Waals surface area contributed by atoms with Gasteiger partial charge in [-0.1, -0.05) is 30.3 Å². The first-order valence-corrected chi connectivity index (χ1v) is 8.21. The third-order valence-corrected chi connectivity index (χ3v) is 5.06. The zero-order valence-electron chi connectivity index (χ0n) is 12.1. The van der Waals surface area contributed by atoms with E-state index in [1.807, 2.05) is 11.3 Å². The van der Waals surface area contributed by atoms with Gasteiger partial charge in [0.15, 0.2) is 0 Å². The molecule has 2 heterocycles. The van der Waals surface area contributed by atoms with Gasteiger partial charge in [0.05, 0.1) is 0 Å². The Morgan fingerprint density at radius 1 is 0.900 bits per heavy atom. The number of rotatable bonds is 4. The molecule has 0 N–H and O–H groups in total. The highest BCUT2D eigenvalue weighted by Gasteiger charge is 2.17. The SMILES string of the molecule is Cc1ccsc1CN1CCN(Cc2ccccc2)CC1. The van der Waals surface area contributed by atoms with E-state index in [1.54, 1.807) is 0 Å². The maximum absolute atomic E-state index is 2.58. The summed E-state index contributed by atoms with van der Waals surface area (Å²) in [5.74, 6) is 0. The second kappa shape index (κ2) is 6.53. The lowest BCUT2D eigenvalue weighted by Crippen LogP contribution is -2.45. The Hall–Kier alpha value is -1.16. The van der Waals surface area contributed by atoms with Crippen molar-refractivity contribution in [2.75, 3.05) is 26.2 Å². The molecule has 0 saturated carbocycles. The fourth-order valence-corrected chi connectivity index (χ4v) is 3.66. The Morgan fingerprint density at radius 2 is 1.55 bits per heavy atom. The van der Waals surface area contributed by atoms with Crippen LogP contribution in [0.1, 0.15) is 16.0 Å². The largest absolute Gasteiger partial charge is 0.297 e. The van der Waals surface area contributed by atoms with E-state index in [0.717, 1.165) is 13.1 Å². The minimum absolute atomic E-state index is 1.09. The number of nitrogens with zero attached hydrogens (tertiary/aromatic N) is 2. The topological polar surface area (TPSA) is 6.48 Å². The summed E-state index contributed by atoms with van der Waals surface area (Å²) in [6.07, 6.45) is 0. The van der Waals surface area contributed by atoms with Crippen LogP contribution in [0.3, 0.4) is 0 Å². The Morgan fingerprint density at radius 3 is 2.15 bits per heavy atom. The quantitative estimate of drug-likeness (QED) is 0.850. The molecule has 0 spiro atoms. The van der Waals surface area contributed by atoms with Crippen LogP contribution in [-0.2, 0) is 13.1 Å². The Labute approximate surface area is 125 Å². The third kappa shape index (κ3) is 3.48. The Kier molecular flexibility index (Phi) is 4.51. The van der Waals surface area contributed by atoms with Crippen LogP contribution < -0.4 is 0 Å². The van der Waals surface area contributed by atoms with E-state index in [4.69, 9.17) is 0 Å². The monoisotopic (exact) mass is 286 g/mol. The van der Waals surface area contributed by atoms with Crippen molar-refractivity contribution in [2.45, 2.75) is 20.0 Å². The molecule has 1 aliphatic rings. The number of aryl methyl sites for hydroxylation is 1. The first kappa shape index (κ1) is 13.8. The average molecular weight is 286 g/mol. The van der Waals surface area contributed by atoms with Crippen LogP contribution >= 0.6 is 11.3 Å². The number of hydrogen-bond acceptors (Lipinski definition) is 3. The first-order chi connectivity index (χ1) is 9.81. The van der Waals surface area contributed by atoms with Crippen LogP contribution in [0.25, 0.3) is 0 Å². The zero-order chi connectivity index (χ0) is 13.8. The molecule has 3 rings (SSSR count). The van der Waals surface area contributed by atoms with Crippen molar-refractivity contribution in [3.8, 4) is 0 Å². The van der Waals surface area contributed by atoms with Crippen molar-refractivity contribution in [3.05, 3.63) is 57.8 Å². The van der Waals surface area contributed by atoms with Crippen LogP contribution in [0.4, 0.5) is 0 Å². The highest BCUT2D eigenvalue weighted by atomic mass is 32.1. The molecule has 0 aliphatic carbocycles. The lowest BCUT2D eigenvalue weighted by molar-refractivity contribution is 0.122. The standard InChI is InChI=1S/C17H22N2S/c1-15-7-12-20-17(15)14-19-10-8-18(9-11-19)13-16-5-3-2-4-6-16/h2-7,12H,8-11,13-14H2,1H3. The number of thiophene rings is 1. The van der Waals surface area contributed by atoms with Gasteiger partial charge in [-0.15, -0.1) is 11.3 Å². The lowest BCUT2D eigenvalue weighted by atomic mass is 10.2. The minimum atomic E-state index is 1.09. The summed E-state index contributed by atoms with van der Waals surface area (Å²) < 4.78 is 0. The van der Waals surface area contributed by atoms with Gasteiger partial charge in [-0.3, -0.25) is 9.80 Å². The van der Waals surface area contributed by atoms with E-state index in [-0.39, 0.29) is 0 Å². The van der Waals surface area contributed by atoms with E-state index < -0.39 is 0 Å². The molecule has 1 aromatic heterocycles. The van der Waals surface area contributed by atoms with Gasteiger partial charge in [-0.25, -0.2) is 0 Å². The van der Waals surface area contributed by atoms with Crippen LogP contribution in [0, 0.1) is 6.92 Å². The number of hydrogen-bond donors (Lipinski definition) is 0. The summed E-state index contributed by atoms with van der Waals surface area (Å²) in [4.78, 5) is 6.68. The molecular weight excluding hydrogens is 264 g/mol. The van der Waals surface area contributed by atoms with E-state index in [9.17, 15) is 0 Å². The van der Waals surface area contributed by atoms with Crippen molar-refractivity contribution >= 4 is 11.3 Å². The van der Waals surface area contributed by atoms with E-state index in [1.165, 1.54) is 42.2 Å². The van der Waals surface area contributed by atoms with Crippen LogP contribution in [0.2, 0.25) is 0 Å². The maximum Gasteiger partial charge on any atom is 0.0331 e. The highest BCUT2D eigenvalue weighted by Crippen LogP contribution is 2.19. The van der Waals surface area contributed by atoms with Gasteiger partial charge in [0.1, 0.15) is 0 Å². The molecule has 3 heteroatoms. The van der Waals surface area contributed by atoms with Gasteiger partial charge < -0.3 is 0 Å². The second-order valence-electron chi connectivity index (χ2n) is 5.56. The second-order valence-corrected chi connectivity index (χ2v) is 6.57. The van der Waals surface area contributed by atoms with Gasteiger partial charge >= 0.3 is 0 Å². The zero-order valence-corrected chi connectivity index (χ0v) is 12.9. The molecule has 1 fully saturated rings. The highest BCUT2D eigenvalue weighted by molar-refractivity contribution is 7.10. The normalized spacial score (nSPS) is 17.4. The molecule has 1 aliphatic heterocycles. The molecular formula is C17H22N2S. The molecule has 1 saturated heterocycles. The summed E-state index contributed by atoms with van der Waals surface area (Å²) in [5, 5.41) is 2.20. The summed E-state index contributed by atoms with van der Waals surface area (Å²) in [6, 6.07) is 13.0. The molecule has 0 radical (unpaired) electrons. The molecule has 0 unspecified atom stereocenters. The average Bonchev–Trinajstić information content (AvgIpc) is 2.88. The molecule has 20 heavy (non-hydrogen) atoms. The molecule has 2 aromatic rings. The minimum Gasteiger partial charge on any atom is -0.297 e. The summed E-state index contributed by atoms with van der Waals surface area (Å²) in [7, 11) is 0. The third-order valence-electron chi connectivity index (χ3n) is 4.05. The van der Waals surface area contributed by atoms with Crippen LogP contribution in [-0.4, -0.2) is 36.0 Å². The van der Waals surface area contributed by atoms with Gasteiger partial charge in [0.2, 0.25) is 0 Å².